The summed E-state index contributed by atoms with van der Waals surface area (Å²) in [7, 11) is 0. The third-order valence-corrected chi connectivity index (χ3v) is 7.15. The van der Waals surface area contributed by atoms with Gasteiger partial charge in [0.25, 0.3) is 11.5 Å². The molecule has 182 valence electrons. The molecule has 35 heavy (non-hydrogen) atoms. The Morgan fingerprint density at radius 3 is 2.89 bits per heavy atom. The Morgan fingerprint density at radius 2 is 2.00 bits per heavy atom. The predicted octanol–water partition coefficient (Wildman–Crippen LogP) is 4.08. The summed E-state index contributed by atoms with van der Waals surface area (Å²) in [4.78, 5) is 33.1. The molecule has 4 aromatic rings. The highest BCUT2D eigenvalue weighted by atomic mass is 16.1. The van der Waals surface area contributed by atoms with Crippen molar-refractivity contribution in [1.29, 1.82) is 0 Å². The van der Waals surface area contributed by atoms with Gasteiger partial charge in [-0.25, -0.2) is 4.98 Å². The summed E-state index contributed by atoms with van der Waals surface area (Å²) in [6, 6.07) is 15.7. The first kappa shape index (κ1) is 23.3. The summed E-state index contributed by atoms with van der Waals surface area (Å²) in [5.41, 5.74) is 3.51. The van der Waals surface area contributed by atoms with Crippen LogP contribution in [-0.2, 0) is 6.54 Å². The predicted molar refractivity (Wildman–Crippen MR) is 139 cm³/mol. The van der Waals surface area contributed by atoms with E-state index in [0.29, 0.717) is 35.9 Å². The zero-order chi connectivity index (χ0) is 24.2. The maximum Gasteiger partial charge on any atom is 0.276 e. The quantitative estimate of drug-likeness (QED) is 0.393. The van der Waals surface area contributed by atoms with Gasteiger partial charge in [0.1, 0.15) is 5.52 Å². The fourth-order valence-corrected chi connectivity index (χ4v) is 5.33. The van der Waals surface area contributed by atoms with Crippen LogP contribution in [0.15, 0.2) is 65.7 Å². The normalized spacial score (nSPS) is 16.7. The molecular weight excluding hydrogens is 438 g/mol. The highest BCUT2D eigenvalue weighted by molar-refractivity contribution is 5.94. The molecule has 1 aromatic carbocycles. The van der Waals surface area contributed by atoms with Gasteiger partial charge < -0.3 is 14.6 Å². The van der Waals surface area contributed by atoms with Crippen LogP contribution in [0.1, 0.15) is 54.9 Å². The van der Waals surface area contributed by atoms with Gasteiger partial charge in [-0.3, -0.25) is 14.2 Å². The van der Waals surface area contributed by atoms with Gasteiger partial charge in [-0.15, -0.1) is 0 Å². The molecule has 0 bridgehead atoms. The monoisotopic (exact) mass is 471 g/mol. The molecule has 0 spiro atoms. The minimum Gasteiger partial charge on any atom is -0.352 e. The van der Waals surface area contributed by atoms with Gasteiger partial charge >= 0.3 is 0 Å². The second-order valence-corrected chi connectivity index (χ2v) is 9.40. The summed E-state index contributed by atoms with van der Waals surface area (Å²) < 4.78 is 3.56. The average Bonchev–Trinajstić information content (AvgIpc) is 3.40. The van der Waals surface area contributed by atoms with Gasteiger partial charge in [0.2, 0.25) is 0 Å². The Morgan fingerprint density at radius 1 is 1.11 bits per heavy atom. The number of benzene rings is 1. The first-order valence-electron chi connectivity index (χ1n) is 12.7. The van der Waals surface area contributed by atoms with E-state index in [1.807, 2.05) is 59.1 Å². The Balaban J connectivity index is 1.27. The lowest BCUT2D eigenvalue weighted by molar-refractivity contribution is 0.0947. The highest BCUT2D eigenvalue weighted by Gasteiger charge is 2.20. The number of rotatable bonds is 8. The van der Waals surface area contributed by atoms with Crippen LogP contribution in [0.4, 0.5) is 0 Å². The number of aromatic nitrogens is 3. The van der Waals surface area contributed by atoms with Crippen LogP contribution < -0.4 is 10.9 Å². The molecule has 1 fully saturated rings. The van der Waals surface area contributed by atoms with Crippen LogP contribution in [-0.4, -0.2) is 50.4 Å². The number of amides is 1. The molecule has 0 aliphatic carbocycles. The van der Waals surface area contributed by atoms with Gasteiger partial charge in [-0.2, -0.15) is 0 Å². The molecule has 1 unspecified atom stereocenters. The van der Waals surface area contributed by atoms with Crippen molar-refractivity contribution in [2.45, 2.75) is 51.6 Å². The van der Waals surface area contributed by atoms with Crippen molar-refractivity contribution in [2.24, 2.45) is 0 Å². The van der Waals surface area contributed by atoms with Crippen molar-refractivity contribution in [2.75, 3.05) is 19.6 Å². The smallest absolute Gasteiger partial charge is 0.276 e. The van der Waals surface area contributed by atoms with Crippen molar-refractivity contribution < 1.29 is 4.79 Å². The zero-order valence-corrected chi connectivity index (χ0v) is 20.3. The number of nitrogens with one attached hydrogen (secondary N) is 1. The fourth-order valence-electron chi connectivity index (χ4n) is 5.33. The van der Waals surface area contributed by atoms with Crippen molar-refractivity contribution in [3.8, 4) is 0 Å². The Kier molecular flexibility index (Phi) is 6.95. The summed E-state index contributed by atoms with van der Waals surface area (Å²) in [6.45, 7) is 5.48. The van der Waals surface area contributed by atoms with Crippen molar-refractivity contribution in [1.82, 2.24) is 24.2 Å². The first-order chi connectivity index (χ1) is 17.2. The standard InChI is InChI=1S/C28H33N5O2/c1-2-23-11-3-4-16-31(23)17-8-15-30-27(34)22-10-5-9-21(19-22)20-33-26-24(12-6-14-29-26)32-18-7-13-25(32)28(33)35/h5-7,9-10,12-14,18-19,23H,2-4,8,11,15-17,20H2,1H3,(H,30,34). The average molecular weight is 472 g/mol. The van der Waals surface area contributed by atoms with Crippen LogP contribution in [0.3, 0.4) is 0 Å². The highest BCUT2D eigenvalue weighted by Crippen LogP contribution is 2.19. The van der Waals surface area contributed by atoms with E-state index in [9.17, 15) is 9.59 Å². The van der Waals surface area contributed by atoms with E-state index < -0.39 is 0 Å². The summed E-state index contributed by atoms with van der Waals surface area (Å²) >= 11 is 0. The second kappa shape index (κ2) is 10.4. The SMILES string of the molecule is CCC1CCCCN1CCCNC(=O)c1cccc(Cn2c(=O)c3cccn3c3cccnc32)c1. The summed E-state index contributed by atoms with van der Waals surface area (Å²) in [6.07, 6.45) is 9.63. The third kappa shape index (κ3) is 4.86. The van der Waals surface area contributed by atoms with Gasteiger partial charge in [0.15, 0.2) is 5.65 Å². The molecule has 5 rings (SSSR count). The zero-order valence-electron chi connectivity index (χ0n) is 20.3. The van der Waals surface area contributed by atoms with E-state index in [0.717, 1.165) is 24.0 Å². The van der Waals surface area contributed by atoms with E-state index in [4.69, 9.17) is 0 Å². The number of carbonyl (C=O) groups excluding carboxylic acids is 1. The maximum atomic E-state index is 13.2. The van der Waals surface area contributed by atoms with Gasteiger partial charge in [0.05, 0.1) is 12.1 Å². The number of hydrogen-bond donors (Lipinski definition) is 1. The summed E-state index contributed by atoms with van der Waals surface area (Å²) in [5.74, 6) is -0.0742. The van der Waals surface area contributed by atoms with Crippen molar-refractivity contribution in [3.63, 3.8) is 0 Å². The number of carbonyl (C=O) groups is 1. The van der Waals surface area contributed by atoms with E-state index >= 15 is 0 Å². The number of fused-ring (bicyclic) bond motifs is 3. The lowest BCUT2D eigenvalue weighted by Gasteiger charge is -2.35. The van der Waals surface area contributed by atoms with Gasteiger partial charge in [-0.1, -0.05) is 25.5 Å². The van der Waals surface area contributed by atoms with Crippen LogP contribution in [0.5, 0.6) is 0 Å². The lowest BCUT2D eigenvalue weighted by Crippen LogP contribution is -2.40. The first-order valence-corrected chi connectivity index (χ1v) is 12.7. The number of hydrogen-bond acceptors (Lipinski definition) is 4. The lowest BCUT2D eigenvalue weighted by atomic mass is 10.00. The molecule has 1 N–H and O–H groups in total. The molecule has 1 saturated heterocycles. The van der Waals surface area contributed by atoms with E-state index in [-0.39, 0.29) is 11.5 Å². The number of piperidine rings is 1. The summed E-state index contributed by atoms with van der Waals surface area (Å²) in [5, 5.41) is 3.07. The Bertz CT molecular complexity index is 1390. The Labute approximate surface area is 205 Å². The molecular formula is C28H33N5O2. The number of likely N-dealkylation sites (tertiary alicyclic amines) is 1. The number of pyridine rings is 1. The Hall–Kier alpha value is -3.45. The molecule has 1 atom stereocenters. The van der Waals surface area contributed by atoms with E-state index in [2.05, 4.69) is 22.1 Å². The molecule has 7 nitrogen and oxygen atoms in total. The van der Waals surface area contributed by atoms with Crippen molar-refractivity contribution in [3.05, 3.63) is 82.4 Å². The molecule has 7 heteroatoms. The molecule has 0 radical (unpaired) electrons. The third-order valence-electron chi connectivity index (χ3n) is 7.15. The molecule has 1 aliphatic heterocycles. The van der Waals surface area contributed by atoms with E-state index in [1.54, 1.807) is 10.8 Å². The van der Waals surface area contributed by atoms with Crippen LogP contribution in [0.2, 0.25) is 0 Å². The van der Waals surface area contributed by atoms with Crippen molar-refractivity contribution >= 4 is 22.6 Å². The number of nitrogens with zero attached hydrogens (tertiary/aromatic N) is 4. The molecule has 4 heterocycles. The second-order valence-electron chi connectivity index (χ2n) is 9.40. The minimum absolute atomic E-state index is 0.0742. The maximum absolute atomic E-state index is 13.2. The van der Waals surface area contributed by atoms with Gasteiger partial charge in [0, 0.05) is 37.1 Å². The molecule has 0 saturated carbocycles. The van der Waals surface area contributed by atoms with Crippen LogP contribution in [0, 0.1) is 0 Å². The van der Waals surface area contributed by atoms with Crippen LogP contribution >= 0.6 is 0 Å². The minimum atomic E-state index is -0.0980. The molecule has 1 amide bonds. The fraction of sp³-hybridized carbons (Fsp3) is 0.393. The van der Waals surface area contributed by atoms with E-state index in [1.165, 1.54) is 32.2 Å². The topological polar surface area (TPSA) is 71.6 Å². The molecule has 1 aliphatic rings. The van der Waals surface area contributed by atoms with Gasteiger partial charge in [-0.05, 0) is 74.2 Å². The van der Waals surface area contributed by atoms with Crippen LogP contribution in [0.25, 0.3) is 16.7 Å². The largest absolute Gasteiger partial charge is 0.352 e. The molecule has 3 aromatic heterocycles.